The summed E-state index contributed by atoms with van der Waals surface area (Å²) in [5.41, 5.74) is 4.37. The van der Waals surface area contributed by atoms with Crippen molar-refractivity contribution < 1.29 is 4.79 Å². The number of hydrogen-bond acceptors (Lipinski definition) is 3. The average molecular weight is 341 g/mol. The molecule has 1 atom stereocenters. The molecule has 1 aromatic heterocycles. The highest BCUT2D eigenvalue weighted by Gasteiger charge is 2.34. The molecule has 0 bridgehead atoms. The number of benzene rings is 2. The number of amides is 1. The van der Waals surface area contributed by atoms with Crippen LogP contribution in [0.1, 0.15) is 39.8 Å². The highest BCUT2D eigenvalue weighted by molar-refractivity contribution is 6.04. The Balaban J connectivity index is 1.74. The van der Waals surface area contributed by atoms with Gasteiger partial charge < -0.3 is 0 Å². The van der Waals surface area contributed by atoms with Crippen LogP contribution >= 0.6 is 0 Å². The minimum absolute atomic E-state index is 0.107. The van der Waals surface area contributed by atoms with Gasteiger partial charge in [-0.15, -0.1) is 0 Å². The maximum Gasteiger partial charge on any atom is 0.274 e. The lowest BCUT2D eigenvalue weighted by Crippen LogP contribution is -2.27. The van der Waals surface area contributed by atoms with E-state index < -0.39 is 0 Å². The van der Waals surface area contributed by atoms with Gasteiger partial charge in [-0.25, -0.2) is 5.01 Å². The van der Waals surface area contributed by atoms with E-state index in [-0.39, 0.29) is 11.9 Å². The van der Waals surface area contributed by atoms with Gasteiger partial charge in [-0.3, -0.25) is 9.78 Å². The minimum Gasteiger partial charge on any atom is -0.267 e. The molecule has 0 N–H and O–H groups in total. The number of pyridine rings is 1. The lowest BCUT2D eigenvalue weighted by atomic mass is 10.0. The number of nitrogens with zero attached hydrogens (tertiary/aromatic N) is 3. The Hall–Kier alpha value is -3.27. The summed E-state index contributed by atoms with van der Waals surface area (Å²) < 4.78 is 0. The van der Waals surface area contributed by atoms with Crippen molar-refractivity contribution in [3.05, 3.63) is 101 Å². The van der Waals surface area contributed by atoms with Crippen LogP contribution in [0.2, 0.25) is 0 Å². The fraction of sp³-hybridized carbons (Fsp3) is 0.136. The van der Waals surface area contributed by atoms with Crippen molar-refractivity contribution in [3.8, 4) is 0 Å². The molecule has 1 aliphatic heterocycles. The summed E-state index contributed by atoms with van der Waals surface area (Å²) in [4.78, 5) is 17.7. The summed E-state index contributed by atoms with van der Waals surface area (Å²) in [5, 5.41) is 6.27. The Morgan fingerprint density at radius 2 is 1.62 bits per heavy atom. The Morgan fingerprint density at radius 1 is 0.923 bits per heavy atom. The van der Waals surface area contributed by atoms with Crippen LogP contribution < -0.4 is 0 Å². The molecule has 3 aromatic rings. The zero-order valence-corrected chi connectivity index (χ0v) is 14.5. The largest absolute Gasteiger partial charge is 0.274 e. The van der Waals surface area contributed by atoms with Crippen LogP contribution in [0.5, 0.6) is 0 Å². The molecule has 0 radical (unpaired) electrons. The molecule has 0 aliphatic carbocycles. The molecule has 0 fully saturated rings. The summed E-state index contributed by atoms with van der Waals surface area (Å²) in [5.74, 6) is -0.107. The standard InChI is InChI=1S/C22H19N3O/c1-16-9-8-14-19(23-16)21-15-20(17-10-4-2-5-11-17)24-25(21)22(26)18-12-6-3-7-13-18/h2-14,21H,15H2,1H3. The van der Waals surface area contributed by atoms with E-state index in [0.717, 1.165) is 22.7 Å². The molecule has 1 unspecified atom stereocenters. The maximum absolute atomic E-state index is 13.1. The third kappa shape index (κ3) is 3.14. The summed E-state index contributed by atoms with van der Waals surface area (Å²) in [6, 6.07) is 25.0. The first-order valence-electron chi connectivity index (χ1n) is 8.67. The molecule has 0 spiro atoms. The van der Waals surface area contributed by atoms with Crippen LogP contribution in [0, 0.1) is 6.92 Å². The number of hydrazone groups is 1. The van der Waals surface area contributed by atoms with Crippen LogP contribution in [-0.4, -0.2) is 21.6 Å². The van der Waals surface area contributed by atoms with Gasteiger partial charge in [-0.1, -0.05) is 54.6 Å². The molecule has 2 aromatic carbocycles. The zero-order chi connectivity index (χ0) is 17.9. The van der Waals surface area contributed by atoms with Gasteiger partial charge in [-0.05, 0) is 36.8 Å². The molecule has 1 amide bonds. The van der Waals surface area contributed by atoms with E-state index in [1.165, 1.54) is 0 Å². The first kappa shape index (κ1) is 16.2. The second-order valence-corrected chi connectivity index (χ2v) is 6.35. The van der Waals surface area contributed by atoms with E-state index in [1.54, 1.807) is 5.01 Å². The van der Waals surface area contributed by atoms with Crippen molar-refractivity contribution >= 4 is 11.6 Å². The Bertz CT molecular complexity index is 951. The molecular weight excluding hydrogens is 322 g/mol. The zero-order valence-electron chi connectivity index (χ0n) is 14.5. The van der Waals surface area contributed by atoms with E-state index in [4.69, 9.17) is 0 Å². The van der Waals surface area contributed by atoms with Crippen LogP contribution in [0.4, 0.5) is 0 Å². The fourth-order valence-corrected chi connectivity index (χ4v) is 3.20. The number of carbonyl (C=O) groups is 1. The topological polar surface area (TPSA) is 45.6 Å². The van der Waals surface area contributed by atoms with Crippen molar-refractivity contribution in [2.24, 2.45) is 5.10 Å². The molecule has 26 heavy (non-hydrogen) atoms. The van der Waals surface area contributed by atoms with Crippen LogP contribution in [0.25, 0.3) is 0 Å². The Kier molecular flexibility index (Phi) is 4.32. The lowest BCUT2D eigenvalue weighted by molar-refractivity contribution is 0.0708. The number of aryl methyl sites for hydroxylation is 1. The molecule has 4 nitrogen and oxygen atoms in total. The monoisotopic (exact) mass is 341 g/mol. The second-order valence-electron chi connectivity index (χ2n) is 6.35. The molecule has 0 saturated heterocycles. The maximum atomic E-state index is 13.1. The molecule has 1 aliphatic rings. The molecule has 4 heteroatoms. The molecular formula is C22H19N3O. The predicted molar refractivity (Wildman–Crippen MR) is 102 cm³/mol. The lowest BCUT2D eigenvalue weighted by Gasteiger charge is -2.21. The summed E-state index contributed by atoms with van der Waals surface area (Å²) in [7, 11) is 0. The summed E-state index contributed by atoms with van der Waals surface area (Å²) in [6.07, 6.45) is 0.652. The molecule has 2 heterocycles. The highest BCUT2D eigenvalue weighted by Crippen LogP contribution is 2.33. The quantitative estimate of drug-likeness (QED) is 0.709. The van der Waals surface area contributed by atoms with Crippen molar-refractivity contribution in [2.75, 3.05) is 0 Å². The van der Waals surface area contributed by atoms with Gasteiger partial charge >= 0.3 is 0 Å². The van der Waals surface area contributed by atoms with Gasteiger partial charge in [0.2, 0.25) is 0 Å². The minimum atomic E-state index is -0.196. The summed E-state index contributed by atoms with van der Waals surface area (Å²) in [6.45, 7) is 1.96. The predicted octanol–water partition coefficient (Wildman–Crippen LogP) is 4.38. The first-order valence-corrected chi connectivity index (χ1v) is 8.67. The van der Waals surface area contributed by atoms with Gasteiger partial charge in [0.05, 0.1) is 11.4 Å². The van der Waals surface area contributed by atoms with Gasteiger partial charge in [0, 0.05) is 17.7 Å². The number of aromatic nitrogens is 1. The van der Waals surface area contributed by atoms with Crippen LogP contribution in [-0.2, 0) is 0 Å². The molecule has 0 saturated carbocycles. The molecule has 128 valence electrons. The van der Waals surface area contributed by atoms with Gasteiger partial charge in [-0.2, -0.15) is 5.10 Å². The Morgan fingerprint density at radius 3 is 2.31 bits per heavy atom. The SMILES string of the molecule is Cc1cccc(C2CC(c3ccccc3)=NN2C(=O)c2ccccc2)n1. The van der Waals surface area contributed by atoms with Crippen molar-refractivity contribution in [1.29, 1.82) is 0 Å². The van der Waals surface area contributed by atoms with E-state index in [9.17, 15) is 4.79 Å². The first-order chi connectivity index (χ1) is 12.7. The number of rotatable bonds is 3. The highest BCUT2D eigenvalue weighted by atomic mass is 16.2. The fourth-order valence-electron chi connectivity index (χ4n) is 3.20. The van der Waals surface area contributed by atoms with E-state index >= 15 is 0 Å². The van der Waals surface area contributed by atoms with Crippen molar-refractivity contribution in [1.82, 2.24) is 9.99 Å². The van der Waals surface area contributed by atoms with Crippen molar-refractivity contribution in [3.63, 3.8) is 0 Å². The third-order valence-electron chi connectivity index (χ3n) is 4.50. The van der Waals surface area contributed by atoms with Gasteiger partial charge in [0.1, 0.15) is 6.04 Å². The normalized spacial score (nSPS) is 16.4. The summed E-state index contributed by atoms with van der Waals surface area (Å²) >= 11 is 0. The van der Waals surface area contributed by atoms with Crippen LogP contribution in [0.15, 0.2) is 84.0 Å². The Labute approximate surface area is 152 Å². The number of hydrogen-bond donors (Lipinski definition) is 0. The van der Waals surface area contributed by atoms with Crippen LogP contribution in [0.3, 0.4) is 0 Å². The van der Waals surface area contributed by atoms with E-state index in [1.807, 2.05) is 85.8 Å². The van der Waals surface area contributed by atoms with E-state index in [2.05, 4.69) is 10.1 Å². The third-order valence-corrected chi connectivity index (χ3v) is 4.50. The average Bonchev–Trinajstić information content (AvgIpc) is 3.14. The molecule has 4 rings (SSSR count). The second kappa shape index (κ2) is 6.92. The number of carbonyl (C=O) groups excluding carboxylic acids is 1. The van der Waals surface area contributed by atoms with Crippen molar-refractivity contribution in [2.45, 2.75) is 19.4 Å². The van der Waals surface area contributed by atoms with Gasteiger partial charge in [0.25, 0.3) is 5.91 Å². The van der Waals surface area contributed by atoms with Gasteiger partial charge in [0.15, 0.2) is 0 Å². The smallest absolute Gasteiger partial charge is 0.267 e. The van der Waals surface area contributed by atoms with E-state index in [0.29, 0.717) is 12.0 Å².